The topological polar surface area (TPSA) is 138 Å². The molecule has 13 nitrogen and oxygen atoms in total. The number of ether oxygens (including phenoxy) is 10. The number of alkyl halides is 3. The molecule has 0 atom stereocenters. The highest BCUT2D eigenvalue weighted by Gasteiger charge is 2.30. The standard InChI is InChI=1S/C44H68F3NO12/c1-2-3-4-5-6-7-8-9-10-18-42(49)59-35-33-57-31-29-55-27-25-53-23-21-51-19-20-52-22-24-54-26-28-56-30-32-58-34-36-60-43(50)40-16-11-12-17-41(40)48-39-15-13-14-38(37-39)44(45,46)47/h11-17,37,48H,2-10,18-36H2,1H3. The van der Waals surface area contributed by atoms with Crippen molar-refractivity contribution in [2.24, 2.45) is 0 Å². The predicted molar refractivity (Wildman–Crippen MR) is 221 cm³/mol. The number of benzene rings is 2. The molecule has 1 N–H and O–H groups in total. The lowest BCUT2D eigenvalue weighted by molar-refractivity contribution is -0.145. The second-order valence-electron chi connectivity index (χ2n) is 13.6. The summed E-state index contributed by atoms with van der Waals surface area (Å²) in [7, 11) is 0. The third-order valence-corrected chi connectivity index (χ3v) is 8.66. The third kappa shape index (κ3) is 29.0. The van der Waals surface area contributed by atoms with E-state index >= 15 is 0 Å². The Hall–Kier alpha value is -3.35. The zero-order valence-corrected chi connectivity index (χ0v) is 35.5. The number of unbranched alkanes of at least 4 members (excludes halogenated alkanes) is 8. The van der Waals surface area contributed by atoms with Gasteiger partial charge in [0.25, 0.3) is 0 Å². The summed E-state index contributed by atoms with van der Waals surface area (Å²) < 4.78 is 93.4. The molecule has 0 heterocycles. The Balaban J connectivity index is 1.26. The molecule has 342 valence electrons. The first kappa shape index (κ1) is 52.8. The second kappa shape index (κ2) is 36.3. The van der Waals surface area contributed by atoms with Gasteiger partial charge < -0.3 is 52.7 Å². The van der Waals surface area contributed by atoms with Crippen LogP contribution in [-0.2, 0) is 58.3 Å². The Morgan fingerprint density at radius 3 is 1.38 bits per heavy atom. The predicted octanol–water partition coefficient (Wildman–Crippen LogP) is 8.20. The van der Waals surface area contributed by atoms with Crippen LogP contribution >= 0.6 is 0 Å². The molecule has 2 rings (SSSR count). The fourth-order valence-corrected chi connectivity index (χ4v) is 5.48. The molecule has 0 aliphatic heterocycles. The monoisotopic (exact) mass is 859 g/mol. The zero-order chi connectivity index (χ0) is 43.2. The van der Waals surface area contributed by atoms with Crippen LogP contribution in [0, 0.1) is 0 Å². The van der Waals surface area contributed by atoms with Crippen molar-refractivity contribution >= 4 is 23.3 Å². The van der Waals surface area contributed by atoms with Crippen LogP contribution in [0.25, 0.3) is 0 Å². The van der Waals surface area contributed by atoms with Crippen LogP contribution in [0.15, 0.2) is 48.5 Å². The molecule has 0 saturated carbocycles. The minimum Gasteiger partial charge on any atom is -0.463 e. The Morgan fingerprint density at radius 2 is 0.917 bits per heavy atom. The van der Waals surface area contributed by atoms with Gasteiger partial charge in [0, 0.05) is 12.1 Å². The smallest absolute Gasteiger partial charge is 0.416 e. The molecule has 0 spiro atoms. The highest BCUT2D eigenvalue weighted by Crippen LogP contribution is 2.32. The van der Waals surface area contributed by atoms with Gasteiger partial charge in [-0.1, -0.05) is 76.5 Å². The van der Waals surface area contributed by atoms with Crippen molar-refractivity contribution in [1.82, 2.24) is 0 Å². The Bertz CT molecular complexity index is 1350. The molecule has 2 aromatic carbocycles. The van der Waals surface area contributed by atoms with Crippen molar-refractivity contribution in [3.8, 4) is 0 Å². The molecule has 0 unspecified atom stereocenters. The van der Waals surface area contributed by atoms with Gasteiger partial charge in [-0.05, 0) is 36.8 Å². The lowest BCUT2D eigenvalue weighted by atomic mass is 10.1. The van der Waals surface area contributed by atoms with Crippen LogP contribution in [0.2, 0.25) is 0 Å². The highest BCUT2D eigenvalue weighted by molar-refractivity contribution is 5.96. The van der Waals surface area contributed by atoms with Crippen molar-refractivity contribution in [3.05, 3.63) is 59.7 Å². The molecular weight excluding hydrogens is 791 g/mol. The van der Waals surface area contributed by atoms with Crippen molar-refractivity contribution in [2.45, 2.75) is 77.3 Å². The highest BCUT2D eigenvalue weighted by atomic mass is 19.4. The minimum atomic E-state index is -4.48. The molecule has 0 fully saturated rings. The number of anilines is 2. The zero-order valence-electron chi connectivity index (χ0n) is 35.5. The normalized spacial score (nSPS) is 11.5. The van der Waals surface area contributed by atoms with Crippen LogP contribution in [0.3, 0.4) is 0 Å². The van der Waals surface area contributed by atoms with E-state index in [-0.39, 0.29) is 37.0 Å². The van der Waals surface area contributed by atoms with Gasteiger partial charge in [-0.3, -0.25) is 4.79 Å². The Morgan fingerprint density at radius 1 is 0.500 bits per heavy atom. The number of esters is 2. The lowest BCUT2D eigenvalue weighted by Gasteiger charge is -2.13. The molecule has 0 aromatic heterocycles. The largest absolute Gasteiger partial charge is 0.463 e. The number of carbonyl (C=O) groups is 2. The summed E-state index contributed by atoms with van der Waals surface area (Å²) in [5, 5.41) is 2.86. The molecule has 16 heteroatoms. The Labute approximate surface area is 354 Å². The number of rotatable bonds is 40. The first-order valence-corrected chi connectivity index (χ1v) is 21.3. The van der Waals surface area contributed by atoms with Crippen molar-refractivity contribution < 1.29 is 70.1 Å². The minimum absolute atomic E-state index is 0.00528. The first-order valence-electron chi connectivity index (χ1n) is 21.3. The maximum atomic E-state index is 13.1. The maximum absolute atomic E-state index is 13.1. The van der Waals surface area contributed by atoms with E-state index in [1.165, 1.54) is 63.1 Å². The molecule has 0 aliphatic rings. The first-order chi connectivity index (χ1) is 29.3. The quantitative estimate of drug-likeness (QED) is 0.0510. The number of nitrogens with one attached hydrogen (secondary N) is 1. The van der Waals surface area contributed by atoms with Crippen LogP contribution in [-0.4, -0.2) is 131 Å². The SMILES string of the molecule is CCCCCCCCCCCC(=O)OCCOCCOCCOCCOCCOCCOCCOCCOCCOC(=O)c1ccccc1Nc1cccc(C(F)(F)F)c1. The average molecular weight is 860 g/mol. The second-order valence-corrected chi connectivity index (χ2v) is 13.6. The third-order valence-electron chi connectivity index (χ3n) is 8.66. The Kier molecular flexibility index (Phi) is 32.0. The molecule has 2 aromatic rings. The molecule has 0 amide bonds. The van der Waals surface area contributed by atoms with E-state index < -0.39 is 17.7 Å². The van der Waals surface area contributed by atoms with Crippen LogP contribution < -0.4 is 5.32 Å². The molecular formula is C44H68F3NO12. The average Bonchev–Trinajstić information content (AvgIpc) is 3.24. The van der Waals surface area contributed by atoms with Crippen LogP contribution in [0.5, 0.6) is 0 Å². The lowest BCUT2D eigenvalue weighted by Crippen LogP contribution is -2.16. The molecule has 60 heavy (non-hydrogen) atoms. The van der Waals surface area contributed by atoms with Crippen molar-refractivity contribution in [3.63, 3.8) is 0 Å². The van der Waals surface area contributed by atoms with E-state index in [0.29, 0.717) is 111 Å². The number of hydrogen-bond donors (Lipinski definition) is 1. The number of hydrogen-bond acceptors (Lipinski definition) is 13. The van der Waals surface area contributed by atoms with Crippen molar-refractivity contribution in [1.29, 1.82) is 0 Å². The maximum Gasteiger partial charge on any atom is 0.416 e. The van der Waals surface area contributed by atoms with E-state index in [4.69, 9.17) is 47.4 Å². The summed E-state index contributed by atoms with van der Waals surface area (Å²) in [6.07, 6.45) is 6.97. The fraction of sp³-hybridized carbons (Fsp3) is 0.682. The number of halogens is 3. The van der Waals surface area contributed by atoms with Crippen LogP contribution in [0.1, 0.15) is 87.1 Å². The summed E-state index contributed by atoms with van der Waals surface area (Å²) in [4.78, 5) is 24.4. The van der Waals surface area contributed by atoms with E-state index in [2.05, 4.69) is 12.2 Å². The summed E-state index contributed by atoms with van der Waals surface area (Å²) in [6, 6.07) is 11.1. The van der Waals surface area contributed by atoms with Gasteiger partial charge in [0.2, 0.25) is 0 Å². The van der Waals surface area contributed by atoms with Gasteiger partial charge in [-0.2, -0.15) is 13.2 Å². The summed E-state index contributed by atoms with van der Waals surface area (Å²) >= 11 is 0. The van der Waals surface area contributed by atoms with E-state index in [9.17, 15) is 22.8 Å². The van der Waals surface area contributed by atoms with Gasteiger partial charge >= 0.3 is 18.1 Å². The van der Waals surface area contributed by atoms with Gasteiger partial charge in [-0.15, -0.1) is 0 Å². The van der Waals surface area contributed by atoms with Gasteiger partial charge in [0.1, 0.15) is 13.2 Å². The van der Waals surface area contributed by atoms with E-state index in [1.807, 2.05) is 0 Å². The van der Waals surface area contributed by atoms with Gasteiger partial charge in [0.15, 0.2) is 0 Å². The summed E-state index contributed by atoms with van der Waals surface area (Å²) in [6.45, 7) is 8.84. The van der Waals surface area contributed by atoms with Gasteiger partial charge in [0.05, 0.1) is 123 Å². The molecule has 0 aliphatic carbocycles. The number of carbonyl (C=O) groups excluding carboxylic acids is 2. The summed E-state index contributed by atoms with van der Waals surface area (Å²) in [5.74, 6) is -0.786. The molecule has 0 saturated heterocycles. The van der Waals surface area contributed by atoms with Crippen molar-refractivity contribution in [2.75, 3.05) is 124 Å². The van der Waals surface area contributed by atoms with E-state index in [1.54, 1.807) is 18.2 Å². The van der Waals surface area contributed by atoms with Crippen LogP contribution in [0.4, 0.5) is 24.5 Å². The van der Waals surface area contributed by atoms with Gasteiger partial charge in [-0.25, -0.2) is 4.79 Å². The van der Waals surface area contributed by atoms with E-state index in [0.717, 1.165) is 25.0 Å². The molecule has 0 radical (unpaired) electrons. The molecule has 0 bridgehead atoms. The summed E-state index contributed by atoms with van der Waals surface area (Å²) in [5.41, 5.74) is -0.0983. The number of para-hydroxylation sites is 1. The fourth-order valence-electron chi connectivity index (χ4n) is 5.48.